The number of para-hydroxylation sites is 1. The molecule has 7 nitrogen and oxygen atoms in total. The van der Waals surface area contributed by atoms with E-state index >= 15 is 0 Å². The van der Waals surface area contributed by atoms with Crippen molar-refractivity contribution in [2.75, 3.05) is 17.2 Å². The minimum Gasteiger partial charge on any atom is -0.462 e. The Morgan fingerprint density at radius 2 is 1.79 bits per heavy atom. The molecule has 1 amide bonds. The fourth-order valence-corrected chi connectivity index (χ4v) is 2.72. The van der Waals surface area contributed by atoms with Crippen LogP contribution in [0.4, 0.5) is 17.2 Å². The summed E-state index contributed by atoms with van der Waals surface area (Å²) < 4.78 is 5.08. The number of aromatic nitrogens is 2. The van der Waals surface area contributed by atoms with Crippen LogP contribution in [-0.2, 0) is 4.74 Å². The molecule has 3 rings (SSSR count). The Hall–Kier alpha value is -3.74. The van der Waals surface area contributed by atoms with E-state index in [1.165, 1.54) is 12.4 Å². The largest absolute Gasteiger partial charge is 0.462 e. The molecule has 3 aromatic rings. The summed E-state index contributed by atoms with van der Waals surface area (Å²) in [6, 6.07) is 14.3. The number of aryl methyl sites for hydroxylation is 2. The van der Waals surface area contributed by atoms with Gasteiger partial charge >= 0.3 is 5.97 Å². The van der Waals surface area contributed by atoms with Crippen LogP contribution in [0.5, 0.6) is 0 Å². The van der Waals surface area contributed by atoms with Crippen molar-refractivity contribution in [1.29, 1.82) is 0 Å². The van der Waals surface area contributed by atoms with Gasteiger partial charge in [-0.2, -0.15) is 0 Å². The third-order valence-electron chi connectivity index (χ3n) is 4.23. The zero-order valence-corrected chi connectivity index (χ0v) is 16.5. The number of amides is 1. The lowest BCUT2D eigenvalue weighted by molar-refractivity contribution is 0.0527. The molecule has 2 aromatic carbocycles. The van der Waals surface area contributed by atoms with Crippen molar-refractivity contribution in [2.24, 2.45) is 0 Å². The zero-order valence-electron chi connectivity index (χ0n) is 16.5. The number of esters is 1. The summed E-state index contributed by atoms with van der Waals surface area (Å²) in [6.45, 7) is 5.92. The van der Waals surface area contributed by atoms with Crippen molar-refractivity contribution in [3.63, 3.8) is 0 Å². The number of hydrogen-bond acceptors (Lipinski definition) is 6. The maximum atomic E-state index is 12.6. The Kier molecular flexibility index (Phi) is 6.19. The number of benzene rings is 2. The van der Waals surface area contributed by atoms with Gasteiger partial charge in [0.2, 0.25) is 0 Å². The van der Waals surface area contributed by atoms with E-state index < -0.39 is 5.97 Å². The van der Waals surface area contributed by atoms with E-state index in [1.807, 2.05) is 32.0 Å². The van der Waals surface area contributed by atoms with Crippen LogP contribution in [0, 0.1) is 13.8 Å². The summed E-state index contributed by atoms with van der Waals surface area (Å²) in [6.07, 6.45) is 1.30. The third-order valence-corrected chi connectivity index (χ3v) is 4.23. The van der Waals surface area contributed by atoms with Crippen LogP contribution >= 0.6 is 0 Å². The molecule has 0 radical (unpaired) electrons. The lowest BCUT2D eigenvalue weighted by atomic mass is 10.1. The van der Waals surface area contributed by atoms with Crippen LogP contribution < -0.4 is 10.6 Å². The Morgan fingerprint density at radius 1 is 1.00 bits per heavy atom. The molecule has 0 atom stereocenters. The number of carbonyl (C=O) groups is 2. The number of carbonyl (C=O) groups excluding carboxylic acids is 2. The SMILES string of the molecule is CCOC(=O)c1ccccc1Nc1cc(C(=O)Nc2cc(C)ccc2C)ncn1. The van der Waals surface area contributed by atoms with Gasteiger partial charge in [0, 0.05) is 11.8 Å². The van der Waals surface area contributed by atoms with Gasteiger partial charge in [-0.3, -0.25) is 4.79 Å². The van der Waals surface area contributed by atoms with Crippen molar-refractivity contribution < 1.29 is 14.3 Å². The van der Waals surface area contributed by atoms with E-state index in [4.69, 9.17) is 4.74 Å². The molecule has 0 unspecified atom stereocenters. The Bertz CT molecular complexity index is 1050. The molecule has 0 bridgehead atoms. The van der Waals surface area contributed by atoms with Gasteiger partial charge in [-0.15, -0.1) is 0 Å². The van der Waals surface area contributed by atoms with Gasteiger partial charge in [0.1, 0.15) is 17.8 Å². The lowest BCUT2D eigenvalue weighted by Gasteiger charge is -2.12. The minimum absolute atomic E-state index is 0.206. The van der Waals surface area contributed by atoms with Crippen molar-refractivity contribution in [3.8, 4) is 0 Å². The van der Waals surface area contributed by atoms with Crippen molar-refractivity contribution >= 4 is 29.1 Å². The molecular weight excluding hydrogens is 368 g/mol. The highest BCUT2D eigenvalue weighted by molar-refractivity contribution is 6.04. The first-order valence-electron chi connectivity index (χ1n) is 9.21. The van der Waals surface area contributed by atoms with Gasteiger partial charge in [0.05, 0.1) is 17.9 Å². The van der Waals surface area contributed by atoms with Gasteiger partial charge < -0.3 is 15.4 Å². The molecule has 0 aliphatic carbocycles. The van der Waals surface area contributed by atoms with Gasteiger partial charge in [0.25, 0.3) is 5.91 Å². The Balaban J connectivity index is 1.81. The smallest absolute Gasteiger partial charge is 0.340 e. The highest BCUT2D eigenvalue weighted by Gasteiger charge is 2.14. The van der Waals surface area contributed by atoms with Crippen LogP contribution in [0.15, 0.2) is 54.9 Å². The fourth-order valence-electron chi connectivity index (χ4n) is 2.72. The predicted octanol–water partition coefficient (Wildman–Crippen LogP) is 4.27. The van der Waals surface area contributed by atoms with E-state index in [-0.39, 0.29) is 18.2 Å². The number of hydrogen-bond donors (Lipinski definition) is 2. The van der Waals surface area contributed by atoms with Gasteiger partial charge in [0.15, 0.2) is 0 Å². The minimum atomic E-state index is -0.433. The monoisotopic (exact) mass is 390 g/mol. The van der Waals surface area contributed by atoms with Crippen molar-refractivity contribution in [1.82, 2.24) is 9.97 Å². The standard InChI is InChI=1S/C22H22N4O3/c1-4-29-22(28)16-7-5-6-8-17(16)25-20-12-19(23-13-24-20)21(27)26-18-11-14(2)9-10-15(18)3/h5-13H,4H2,1-3H3,(H,26,27)(H,23,24,25). The van der Waals surface area contributed by atoms with Crippen LogP contribution in [0.25, 0.3) is 0 Å². The Labute approximate surface area is 169 Å². The summed E-state index contributed by atoms with van der Waals surface area (Å²) in [7, 11) is 0. The normalized spacial score (nSPS) is 10.3. The quantitative estimate of drug-likeness (QED) is 0.611. The van der Waals surface area contributed by atoms with E-state index in [0.29, 0.717) is 17.1 Å². The number of anilines is 3. The number of nitrogens with one attached hydrogen (secondary N) is 2. The summed E-state index contributed by atoms with van der Waals surface area (Å²) in [5.41, 5.74) is 3.86. The van der Waals surface area contributed by atoms with Gasteiger partial charge in [-0.1, -0.05) is 24.3 Å². The van der Waals surface area contributed by atoms with Crippen LogP contribution in [0.1, 0.15) is 38.9 Å². The molecule has 148 valence electrons. The second-order valence-corrected chi connectivity index (χ2v) is 6.45. The lowest BCUT2D eigenvalue weighted by Crippen LogP contribution is -2.15. The maximum Gasteiger partial charge on any atom is 0.340 e. The highest BCUT2D eigenvalue weighted by atomic mass is 16.5. The van der Waals surface area contributed by atoms with Gasteiger partial charge in [-0.25, -0.2) is 14.8 Å². The first-order valence-corrected chi connectivity index (χ1v) is 9.21. The molecular formula is C22H22N4O3. The van der Waals surface area contributed by atoms with Crippen LogP contribution in [0.2, 0.25) is 0 Å². The predicted molar refractivity (Wildman–Crippen MR) is 112 cm³/mol. The molecule has 1 heterocycles. The average Bonchev–Trinajstić information content (AvgIpc) is 2.71. The molecule has 0 aliphatic heterocycles. The van der Waals surface area contributed by atoms with E-state index in [2.05, 4.69) is 20.6 Å². The topological polar surface area (TPSA) is 93.2 Å². The van der Waals surface area contributed by atoms with E-state index in [9.17, 15) is 9.59 Å². The second-order valence-electron chi connectivity index (χ2n) is 6.45. The number of rotatable bonds is 6. The zero-order chi connectivity index (χ0) is 20.8. The molecule has 7 heteroatoms. The fraction of sp³-hybridized carbons (Fsp3) is 0.182. The Morgan fingerprint density at radius 3 is 2.59 bits per heavy atom. The number of ether oxygens (including phenoxy) is 1. The average molecular weight is 390 g/mol. The summed E-state index contributed by atoms with van der Waals surface area (Å²) in [4.78, 5) is 33.0. The van der Waals surface area contributed by atoms with Crippen LogP contribution in [0.3, 0.4) is 0 Å². The van der Waals surface area contributed by atoms with E-state index in [1.54, 1.807) is 31.2 Å². The van der Waals surface area contributed by atoms with Crippen LogP contribution in [-0.4, -0.2) is 28.5 Å². The van der Waals surface area contributed by atoms with Gasteiger partial charge in [-0.05, 0) is 50.1 Å². The molecule has 0 aliphatic rings. The summed E-state index contributed by atoms with van der Waals surface area (Å²) in [5, 5.41) is 5.93. The first-order chi connectivity index (χ1) is 14.0. The molecule has 2 N–H and O–H groups in total. The maximum absolute atomic E-state index is 12.6. The molecule has 0 saturated carbocycles. The van der Waals surface area contributed by atoms with E-state index in [0.717, 1.165) is 16.8 Å². The molecule has 29 heavy (non-hydrogen) atoms. The molecule has 0 saturated heterocycles. The molecule has 0 spiro atoms. The van der Waals surface area contributed by atoms with Crippen molar-refractivity contribution in [2.45, 2.75) is 20.8 Å². The highest BCUT2D eigenvalue weighted by Crippen LogP contribution is 2.21. The molecule has 0 fully saturated rings. The second kappa shape index (κ2) is 8.97. The van der Waals surface area contributed by atoms with Crippen molar-refractivity contribution in [3.05, 3.63) is 77.2 Å². The molecule has 1 aromatic heterocycles. The first kappa shape index (κ1) is 20.0. The number of nitrogens with zero attached hydrogens (tertiary/aromatic N) is 2. The third kappa shape index (κ3) is 4.95. The summed E-state index contributed by atoms with van der Waals surface area (Å²) in [5.74, 6) is -0.386. The summed E-state index contributed by atoms with van der Waals surface area (Å²) >= 11 is 0.